The van der Waals surface area contributed by atoms with E-state index in [1.54, 1.807) is 0 Å². The van der Waals surface area contributed by atoms with E-state index in [1.807, 2.05) is 0 Å². The summed E-state index contributed by atoms with van der Waals surface area (Å²) in [5.74, 6) is -5.94. The monoisotopic (exact) mass is 328 g/mol. The third-order valence-electron chi connectivity index (χ3n) is 2.78. The van der Waals surface area contributed by atoms with Crippen LogP contribution in [0.2, 0.25) is 0 Å². The van der Waals surface area contributed by atoms with Crippen LogP contribution < -0.4 is 10.6 Å². The fourth-order valence-corrected chi connectivity index (χ4v) is 1.58. The normalized spacial score (nSPS) is 12.2. The second-order valence-electron chi connectivity index (χ2n) is 4.44. The standard InChI is InChI=1S/C12H10F6N2O2/c1-5-3-7(19)8(4-6(5)2)20(9(21)11(13,14)15)10(22)12(16,17)18/h3-4H,19H2,1-2H3. The van der Waals surface area contributed by atoms with Crippen LogP contribution in [0.3, 0.4) is 0 Å². The number of hydrogen-bond donors (Lipinski definition) is 1. The number of nitrogens with two attached hydrogens (primary N) is 1. The highest BCUT2D eigenvalue weighted by molar-refractivity contribution is 6.19. The Morgan fingerprint density at radius 3 is 1.64 bits per heavy atom. The van der Waals surface area contributed by atoms with Crippen molar-refractivity contribution in [3.63, 3.8) is 0 Å². The molecule has 4 nitrogen and oxygen atoms in total. The number of alkyl halides is 6. The number of hydrogen-bond acceptors (Lipinski definition) is 3. The number of amides is 2. The molecule has 2 amide bonds. The van der Waals surface area contributed by atoms with Gasteiger partial charge in [-0.05, 0) is 37.1 Å². The number of nitrogens with zero attached hydrogens (tertiary/aromatic N) is 1. The fraction of sp³-hybridized carbons (Fsp3) is 0.333. The highest BCUT2D eigenvalue weighted by atomic mass is 19.4. The molecule has 1 aromatic rings. The number of carbonyl (C=O) groups excluding carboxylic acids is 2. The maximum Gasteiger partial charge on any atom is 0.472 e. The van der Waals surface area contributed by atoms with Crippen molar-refractivity contribution in [2.75, 3.05) is 10.6 Å². The summed E-state index contributed by atoms with van der Waals surface area (Å²) in [6.07, 6.45) is -11.3. The third-order valence-corrected chi connectivity index (χ3v) is 2.78. The molecule has 10 heteroatoms. The Morgan fingerprint density at radius 2 is 1.27 bits per heavy atom. The van der Waals surface area contributed by atoms with Gasteiger partial charge in [0.2, 0.25) is 0 Å². The molecule has 1 rings (SSSR count). The molecule has 0 saturated heterocycles. The summed E-state index contributed by atoms with van der Waals surface area (Å²) in [6, 6.07) is 1.89. The molecule has 1 aromatic carbocycles. The first-order chi connectivity index (χ1) is 9.76. The highest BCUT2D eigenvalue weighted by Gasteiger charge is 2.53. The second kappa shape index (κ2) is 5.50. The lowest BCUT2D eigenvalue weighted by molar-refractivity contribution is -0.181. The quantitative estimate of drug-likeness (QED) is 0.637. The van der Waals surface area contributed by atoms with E-state index in [2.05, 4.69) is 0 Å². The number of rotatable bonds is 1. The van der Waals surface area contributed by atoms with Crippen LogP contribution in [-0.2, 0) is 9.59 Å². The van der Waals surface area contributed by atoms with Crippen LogP contribution >= 0.6 is 0 Å². The zero-order chi connectivity index (χ0) is 17.5. The summed E-state index contributed by atoms with van der Waals surface area (Å²) in [5, 5.41) is 0. The average Bonchev–Trinajstić information content (AvgIpc) is 2.33. The van der Waals surface area contributed by atoms with E-state index in [1.165, 1.54) is 13.8 Å². The van der Waals surface area contributed by atoms with E-state index < -0.39 is 40.4 Å². The number of benzene rings is 1. The first-order valence-electron chi connectivity index (χ1n) is 5.66. The lowest BCUT2D eigenvalue weighted by Gasteiger charge is -2.25. The minimum atomic E-state index is -5.67. The Kier molecular flexibility index (Phi) is 4.45. The van der Waals surface area contributed by atoms with E-state index >= 15 is 0 Å². The van der Waals surface area contributed by atoms with Crippen LogP contribution in [-0.4, -0.2) is 24.2 Å². The number of anilines is 2. The van der Waals surface area contributed by atoms with Gasteiger partial charge >= 0.3 is 24.2 Å². The number of nitrogen functional groups attached to an aromatic ring is 1. The molecule has 0 aliphatic rings. The molecule has 0 atom stereocenters. The maximum absolute atomic E-state index is 12.5. The minimum Gasteiger partial charge on any atom is -0.397 e. The Balaban J connectivity index is 3.56. The van der Waals surface area contributed by atoms with E-state index in [0.29, 0.717) is 5.56 Å². The number of imide groups is 1. The summed E-state index contributed by atoms with van der Waals surface area (Å²) in [7, 11) is 0. The van der Waals surface area contributed by atoms with Gasteiger partial charge in [-0.1, -0.05) is 0 Å². The van der Waals surface area contributed by atoms with Crippen molar-refractivity contribution in [1.29, 1.82) is 0 Å². The van der Waals surface area contributed by atoms with Crippen molar-refractivity contribution >= 4 is 23.2 Å². The zero-order valence-corrected chi connectivity index (χ0v) is 11.3. The smallest absolute Gasteiger partial charge is 0.397 e. The van der Waals surface area contributed by atoms with Crippen molar-refractivity contribution in [2.24, 2.45) is 0 Å². The summed E-state index contributed by atoms with van der Waals surface area (Å²) < 4.78 is 75.0. The van der Waals surface area contributed by atoms with Crippen LogP contribution in [0.5, 0.6) is 0 Å². The van der Waals surface area contributed by atoms with Crippen molar-refractivity contribution in [3.05, 3.63) is 23.3 Å². The molecule has 0 aromatic heterocycles. The van der Waals surface area contributed by atoms with Gasteiger partial charge in [0.15, 0.2) is 0 Å². The summed E-state index contributed by atoms with van der Waals surface area (Å²) in [4.78, 5) is 21.5. The largest absolute Gasteiger partial charge is 0.472 e. The fourth-order valence-electron chi connectivity index (χ4n) is 1.58. The Bertz CT molecular complexity index is 595. The Hall–Kier alpha value is -2.26. The van der Waals surface area contributed by atoms with Gasteiger partial charge in [0.1, 0.15) is 0 Å². The molecule has 0 aliphatic heterocycles. The molecule has 0 unspecified atom stereocenters. The van der Waals surface area contributed by atoms with Crippen molar-refractivity contribution in [2.45, 2.75) is 26.2 Å². The van der Waals surface area contributed by atoms with Crippen LogP contribution in [0.4, 0.5) is 37.7 Å². The molecule has 2 N–H and O–H groups in total. The molecule has 0 saturated carbocycles. The molecular weight excluding hydrogens is 318 g/mol. The molecular formula is C12H10F6N2O2. The predicted octanol–water partition coefficient (Wildman–Crippen LogP) is 2.87. The number of carbonyl (C=O) groups is 2. The van der Waals surface area contributed by atoms with E-state index in [9.17, 15) is 35.9 Å². The second-order valence-corrected chi connectivity index (χ2v) is 4.44. The summed E-state index contributed by atoms with van der Waals surface area (Å²) in [6.45, 7) is 2.89. The molecule has 0 spiro atoms. The van der Waals surface area contributed by atoms with Gasteiger partial charge in [-0.2, -0.15) is 26.3 Å². The highest BCUT2D eigenvalue weighted by Crippen LogP contribution is 2.33. The first-order valence-corrected chi connectivity index (χ1v) is 5.66. The molecule has 0 heterocycles. The molecule has 122 valence electrons. The Labute approximate surface area is 120 Å². The summed E-state index contributed by atoms with van der Waals surface area (Å²) in [5.41, 5.74) is 4.59. The Morgan fingerprint density at radius 1 is 0.909 bits per heavy atom. The first kappa shape index (κ1) is 17.8. The average molecular weight is 328 g/mol. The van der Waals surface area contributed by atoms with E-state index in [4.69, 9.17) is 5.73 Å². The molecule has 0 radical (unpaired) electrons. The molecule has 0 fully saturated rings. The van der Waals surface area contributed by atoms with Gasteiger partial charge in [0.25, 0.3) is 0 Å². The third kappa shape index (κ3) is 3.49. The number of aryl methyl sites for hydroxylation is 2. The molecule has 0 aliphatic carbocycles. The van der Waals surface area contributed by atoms with Crippen molar-refractivity contribution in [1.82, 2.24) is 0 Å². The lowest BCUT2D eigenvalue weighted by atomic mass is 10.1. The minimum absolute atomic E-state index is 0.263. The van der Waals surface area contributed by atoms with Gasteiger partial charge in [-0.25, -0.2) is 4.90 Å². The van der Waals surface area contributed by atoms with Gasteiger partial charge < -0.3 is 5.73 Å². The van der Waals surface area contributed by atoms with Crippen LogP contribution in [0.25, 0.3) is 0 Å². The number of halogens is 6. The van der Waals surface area contributed by atoms with Crippen molar-refractivity contribution < 1.29 is 35.9 Å². The van der Waals surface area contributed by atoms with Gasteiger partial charge in [-0.3, -0.25) is 9.59 Å². The van der Waals surface area contributed by atoms with Crippen molar-refractivity contribution in [3.8, 4) is 0 Å². The van der Waals surface area contributed by atoms with Crippen LogP contribution in [0.1, 0.15) is 11.1 Å². The molecule has 22 heavy (non-hydrogen) atoms. The van der Waals surface area contributed by atoms with E-state index in [0.717, 1.165) is 12.1 Å². The van der Waals surface area contributed by atoms with Gasteiger partial charge in [-0.15, -0.1) is 0 Å². The van der Waals surface area contributed by atoms with E-state index in [-0.39, 0.29) is 5.56 Å². The van der Waals surface area contributed by atoms with Crippen LogP contribution in [0.15, 0.2) is 12.1 Å². The van der Waals surface area contributed by atoms with Crippen LogP contribution in [0, 0.1) is 13.8 Å². The topological polar surface area (TPSA) is 63.4 Å². The predicted molar refractivity (Wildman–Crippen MR) is 64.9 cm³/mol. The zero-order valence-electron chi connectivity index (χ0n) is 11.3. The van der Waals surface area contributed by atoms with Gasteiger partial charge in [0.05, 0.1) is 11.4 Å². The maximum atomic E-state index is 12.5. The lowest BCUT2D eigenvalue weighted by Crippen LogP contribution is -2.50. The summed E-state index contributed by atoms with van der Waals surface area (Å²) >= 11 is 0. The SMILES string of the molecule is Cc1cc(N)c(N(C(=O)C(F)(F)F)C(=O)C(F)(F)F)cc1C. The van der Waals surface area contributed by atoms with Gasteiger partial charge in [0, 0.05) is 0 Å². The molecule has 0 bridgehead atoms.